The van der Waals surface area contributed by atoms with E-state index < -0.39 is 0 Å². The summed E-state index contributed by atoms with van der Waals surface area (Å²) < 4.78 is 0. The van der Waals surface area contributed by atoms with Gasteiger partial charge in [-0.25, -0.2) is 0 Å². The summed E-state index contributed by atoms with van der Waals surface area (Å²) in [7, 11) is 0. The maximum Gasteiger partial charge on any atom is 0.113 e. The van der Waals surface area contributed by atoms with E-state index in [0.717, 1.165) is 62.6 Å². The van der Waals surface area contributed by atoms with Gasteiger partial charge in [-0.2, -0.15) is 0 Å². The molecule has 216 valence electrons. The Hall–Kier alpha value is -4.34. The molecule has 0 radical (unpaired) electrons. The van der Waals surface area contributed by atoms with E-state index in [1.54, 1.807) is 12.4 Å². The highest BCUT2D eigenvalue weighted by molar-refractivity contribution is 6.49. The van der Waals surface area contributed by atoms with E-state index in [-0.39, 0.29) is 6.04 Å². The van der Waals surface area contributed by atoms with Crippen molar-refractivity contribution in [1.29, 1.82) is 0 Å². The number of aryl methyl sites for hydroxylation is 2. The van der Waals surface area contributed by atoms with Crippen molar-refractivity contribution in [2.75, 3.05) is 0 Å². The molecule has 3 nitrogen and oxygen atoms in total. The lowest BCUT2D eigenvalue weighted by molar-refractivity contribution is 0.718. The van der Waals surface area contributed by atoms with Gasteiger partial charge in [0.25, 0.3) is 0 Å². The van der Waals surface area contributed by atoms with Crippen LogP contribution in [0.3, 0.4) is 0 Å². The molecule has 0 fully saturated rings. The van der Waals surface area contributed by atoms with Crippen LogP contribution in [0, 0.1) is 6.92 Å². The molecular weight excluding hydrogens is 534 g/mol. The number of rotatable bonds is 13. The minimum atomic E-state index is -0.107. The second kappa shape index (κ2) is 15.6. The summed E-state index contributed by atoms with van der Waals surface area (Å²) in [5, 5.41) is 9.23. The molecule has 2 N–H and O–H groups in total. The summed E-state index contributed by atoms with van der Waals surface area (Å²) >= 11 is 7.11. The summed E-state index contributed by atoms with van der Waals surface area (Å²) in [5.41, 5.74) is 8.42. The molecule has 42 heavy (non-hydrogen) atoms. The number of allylic oxidation sites excluding steroid dienone is 5. The molecule has 3 aromatic rings. The lowest BCUT2D eigenvalue weighted by Crippen LogP contribution is -2.42. The Kier molecular flexibility index (Phi) is 12.0. The summed E-state index contributed by atoms with van der Waals surface area (Å²) in [6, 6.07) is 18.5. The van der Waals surface area contributed by atoms with Gasteiger partial charge in [0.15, 0.2) is 0 Å². The molecule has 1 aromatic heterocycles. The molecule has 2 aromatic carbocycles. The Morgan fingerprint density at radius 2 is 1.69 bits per heavy atom. The average Bonchev–Trinajstić information content (AvgIpc) is 2.99. The number of aromatic nitrogens is 1. The molecule has 0 saturated carbocycles. The Labute approximate surface area is 256 Å². The molecule has 4 heteroatoms. The highest BCUT2D eigenvalue weighted by Gasteiger charge is 2.16. The number of pyridine rings is 1. The molecule has 0 saturated heterocycles. The van der Waals surface area contributed by atoms with Gasteiger partial charge < -0.3 is 10.6 Å². The van der Waals surface area contributed by atoms with Gasteiger partial charge in [0.2, 0.25) is 0 Å². The largest absolute Gasteiger partial charge is 0.365 e. The third-order valence-corrected chi connectivity index (χ3v) is 7.86. The number of hydrogen-bond donors (Lipinski definition) is 2. The van der Waals surface area contributed by atoms with Crippen molar-refractivity contribution in [2.24, 2.45) is 0 Å². The molecule has 0 aliphatic heterocycles. The van der Waals surface area contributed by atoms with Gasteiger partial charge in [-0.1, -0.05) is 116 Å². The zero-order valence-electron chi connectivity index (χ0n) is 25.3. The smallest absolute Gasteiger partial charge is 0.113 e. The first-order chi connectivity index (χ1) is 20.2. The molecule has 0 aliphatic rings. The van der Waals surface area contributed by atoms with Crippen molar-refractivity contribution < 1.29 is 0 Å². The van der Waals surface area contributed by atoms with Crippen LogP contribution in [-0.4, -0.2) is 11.0 Å². The standard InChI is InChI=1S/C38H42ClN3/c1-9-32(23-21-26(4)20-22-31-16-13-12-14-17-31)34-18-15-19-35(33(34)10-2)37(39)28(6)29(7)42-38(40-11-3)36-27(5)24-25-41-30(36)8/h9-19,21,23-25,29,40,42H,1-3,5,20,22H2,4,6-8H3/b26-21+,32-23+,37-28-,38-36+. The fourth-order valence-electron chi connectivity index (χ4n) is 4.77. The van der Waals surface area contributed by atoms with Crippen molar-refractivity contribution in [1.82, 2.24) is 15.6 Å². The predicted molar refractivity (Wildman–Crippen MR) is 185 cm³/mol. The molecule has 3 rings (SSSR count). The molecule has 1 unspecified atom stereocenters. The second-order valence-electron chi connectivity index (χ2n) is 10.3. The van der Waals surface area contributed by atoms with Crippen molar-refractivity contribution in [3.8, 4) is 0 Å². The van der Waals surface area contributed by atoms with E-state index in [2.05, 4.69) is 98.3 Å². The summed E-state index contributed by atoms with van der Waals surface area (Å²) in [4.78, 5) is 4.44. The Morgan fingerprint density at radius 3 is 2.33 bits per heavy atom. The highest BCUT2D eigenvalue weighted by Crippen LogP contribution is 2.33. The topological polar surface area (TPSA) is 37.0 Å². The van der Waals surface area contributed by atoms with Gasteiger partial charge in [0, 0.05) is 33.7 Å². The first kappa shape index (κ1) is 32.2. The van der Waals surface area contributed by atoms with Gasteiger partial charge in [0.1, 0.15) is 5.82 Å². The van der Waals surface area contributed by atoms with E-state index in [4.69, 9.17) is 11.6 Å². The monoisotopic (exact) mass is 575 g/mol. The quantitative estimate of drug-likeness (QED) is 0.202. The number of nitrogens with zero attached hydrogens (tertiary/aromatic N) is 1. The van der Waals surface area contributed by atoms with Crippen LogP contribution in [0.15, 0.2) is 116 Å². The van der Waals surface area contributed by atoms with Gasteiger partial charge in [-0.05, 0) is 85.9 Å². The molecule has 0 aliphatic carbocycles. The molecule has 1 atom stereocenters. The van der Waals surface area contributed by atoms with E-state index in [1.807, 2.05) is 50.3 Å². The number of halogens is 1. The van der Waals surface area contributed by atoms with Crippen LogP contribution in [0.5, 0.6) is 0 Å². The van der Waals surface area contributed by atoms with Crippen molar-refractivity contribution in [3.63, 3.8) is 0 Å². The third-order valence-electron chi connectivity index (χ3n) is 7.36. The van der Waals surface area contributed by atoms with Gasteiger partial charge in [-0.15, -0.1) is 0 Å². The minimum absolute atomic E-state index is 0.107. The maximum absolute atomic E-state index is 7.11. The molecule has 0 amide bonds. The van der Waals surface area contributed by atoms with Gasteiger partial charge in [0.05, 0.1) is 0 Å². The van der Waals surface area contributed by atoms with Crippen LogP contribution in [0.2, 0.25) is 0 Å². The second-order valence-corrected chi connectivity index (χ2v) is 10.7. The highest BCUT2D eigenvalue weighted by atomic mass is 35.5. The first-order valence-electron chi connectivity index (χ1n) is 14.2. The summed E-state index contributed by atoms with van der Waals surface area (Å²) in [5.74, 6) is 0.779. The van der Waals surface area contributed by atoms with E-state index in [1.165, 1.54) is 11.1 Å². The Bertz CT molecular complexity index is 1640. The van der Waals surface area contributed by atoms with E-state index in [9.17, 15) is 0 Å². The number of benzene rings is 2. The molecule has 0 spiro atoms. The van der Waals surface area contributed by atoms with Crippen LogP contribution in [0.1, 0.15) is 55.1 Å². The summed E-state index contributed by atoms with van der Waals surface area (Å²) in [6.07, 6.45) is 13.5. The fraction of sp³-hybridized carbons (Fsp3) is 0.184. The minimum Gasteiger partial charge on any atom is -0.365 e. The number of hydrogen-bond acceptors (Lipinski definition) is 3. The maximum atomic E-state index is 7.11. The third kappa shape index (κ3) is 8.11. The van der Waals surface area contributed by atoms with Crippen molar-refractivity contribution in [2.45, 2.75) is 46.6 Å². The normalized spacial score (nSPS) is 13.9. The number of nitrogens with one attached hydrogen (secondary N) is 2. The first-order valence-corrected chi connectivity index (χ1v) is 14.5. The average molecular weight is 576 g/mol. The fourth-order valence-corrected chi connectivity index (χ4v) is 5.10. The molecule has 0 bridgehead atoms. The van der Waals surface area contributed by atoms with Gasteiger partial charge in [-0.3, -0.25) is 4.98 Å². The van der Waals surface area contributed by atoms with Crippen LogP contribution in [0.25, 0.3) is 29.1 Å². The van der Waals surface area contributed by atoms with E-state index in [0.29, 0.717) is 5.03 Å². The lowest BCUT2D eigenvalue weighted by Gasteiger charge is -2.22. The lowest BCUT2D eigenvalue weighted by atomic mass is 9.92. The zero-order valence-corrected chi connectivity index (χ0v) is 26.1. The molecular formula is C38H42ClN3. The van der Waals surface area contributed by atoms with Crippen molar-refractivity contribution in [3.05, 3.63) is 154 Å². The van der Waals surface area contributed by atoms with E-state index >= 15 is 0 Å². The van der Waals surface area contributed by atoms with Crippen LogP contribution in [-0.2, 0) is 6.42 Å². The van der Waals surface area contributed by atoms with Crippen LogP contribution < -0.4 is 21.1 Å². The SMILES string of the molecule is C=CN/C(NC(C)/C(C)=C(\Cl)c1cccc(/C(C=C)=C/C=C(\C)CCc2ccccc2)c1C=C)=c1\c(C)nccc1=C. The van der Waals surface area contributed by atoms with Gasteiger partial charge >= 0.3 is 0 Å². The van der Waals surface area contributed by atoms with Crippen LogP contribution >= 0.6 is 11.6 Å². The van der Waals surface area contributed by atoms with Crippen molar-refractivity contribution >= 4 is 40.7 Å². The summed E-state index contributed by atoms with van der Waals surface area (Å²) in [6.45, 7) is 24.5. The van der Waals surface area contributed by atoms with Crippen LogP contribution in [0.4, 0.5) is 0 Å². The predicted octanol–water partition coefficient (Wildman–Crippen LogP) is 8.04. The Balaban J connectivity index is 1.96. The zero-order chi connectivity index (χ0) is 30.6. The molecule has 1 heterocycles. The Morgan fingerprint density at radius 1 is 0.976 bits per heavy atom.